The Morgan fingerprint density at radius 2 is 0.429 bits per heavy atom. The number of hydrogen-bond donors (Lipinski definition) is 0. The van der Waals surface area contributed by atoms with Crippen molar-refractivity contribution >= 4 is 17.9 Å². The molecule has 6 nitrogen and oxygen atoms in total. The average molecular weight is 1090 g/mol. The maximum Gasteiger partial charge on any atom is 0.306 e. The second-order valence-corrected chi connectivity index (χ2v) is 24.2. The van der Waals surface area contributed by atoms with Gasteiger partial charge in [0.1, 0.15) is 13.2 Å². The first kappa shape index (κ1) is 75.2. The van der Waals surface area contributed by atoms with Crippen LogP contribution in [-0.4, -0.2) is 37.2 Å². The van der Waals surface area contributed by atoms with E-state index in [4.69, 9.17) is 14.2 Å². The Kier molecular flexibility index (Phi) is 65.1. The highest BCUT2D eigenvalue weighted by Crippen LogP contribution is 2.19. The summed E-state index contributed by atoms with van der Waals surface area (Å²) in [5.74, 6) is -0.826. The number of carbonyl (C=O) groups is 3. The first-order valence-corrected chi connectivity index (χ1v) is 35.2. The molecule has 1 atom stereocenters. The van der Waals surface area contributed by atoms with Gasteiger partial charge in [-0.1, -0.05) is 354 Å². The van der Waals surface area contributed by atoms with Crippen LogP contribution in [0.5, 0.6) is 0 Å². The molecule has 0 aliphatic rings. The van der Waals surface area contributed by atoms with E-state index in [0.29, 0.717) is 19.3 Å². The fourth-order valence-corrected chi connectivity index (χ4v) is 11.0. The second kappa shape index (κ2) is 66.7. The molecule has 0 heterocycles. The van der Waals surface area contributed by atoms with Crippen LogP contribution in [-0.2, 0) is 28.6 Å². The average Bonchev–Trinajstić information content (AvgIpc) is 3.43. The fraction of sp³-hybridized carbons (Fsp3) is 0.930. The summed E-state index contributed by atoms with van der Waals surface area (Å²) in [5.41, 5.74) is 0. The van der Waals surface area contributed by atoms with Gasteiger partial charge in [-0.05, 0) is 44.9 Å². The maximum absolute atomic E-state index is 13.0. The zero-order valence-electron chi connectivity index (χ0n) is 52.5. The topological polar surface area (TPSA) is 78.9 Å². The predicted octanol–water partition coefficient (Wildman–Crippen LogP) is 24.0. The lowest BCUT2D eigenvalue weighted by Crippen LogP contribution is -2.30. The summed E-state index contributed by atoms with van der Waals surface area (Å²) >= 11 is 0. The second-order valence-electron chi connectivity index (χ2n) is 24.2. The number of ether oxygens (including phenoxy) is 3. The van der Waals surface area contributed by atoms with Gasteiger partial charge in [-0.2, -0.15) is 0 Å². The third kappa shape index (κ3) is 64.9. The third-order valence-electron chi connectivity index (χ3n) is 16.3. The minimum absolute atomic E-state index is 0.0629. The number of rotatable bonds is 66. The minimum atomic E-state index is -0.767. The molecule has 0 bridgehead atoms. The van der Waals surface area contributed by atoms with E-state index in [1.54, 1.807) is 0 Å². The van der Waals surface area contributed by atoms with Crippen molar-refractivity contribution in [3.63, 3.8) is 0 Å². The van der Waals surface area contributed by atoms with Crippen LogP contribution in [0.15, 0.2) is 12.2 Å². The minimum Gasteiger partial charge on any atom is -0.462 e. The molecule has 0 N–H and O–H groups in total. The molecule has 77 heavy (non-hydrogen) atoms. The Hall–Kier alpha value is -1.85. The lowest BCUT2D eigenvalue weighted by molar-refractivity contribution is -0.167. The van der Waals surface area contributed by atoms with Crippen molar-refractivity contribution in [1.29, 1.82) is 0 Å². The zero-order chi connectivity index (χ0) is 55.7. The first-order chi connectivity index (χ1) is 38.0. The molecule has 456 valence electrons. The van der Waals surface area contributed by atoms with Gasteiger partial charge in [0.25, 0.3) is 0 Å². The molecule has 0 radical (unpaired) electrons. The van der Waals surface area contributed by atoms with Crippen molar-refractivity contribution in [1.82, 2.24) is 0 Å². The van der Waals surface area contributed by atoms with E-state index in [2.05, 4.69) is 32.9 Å². The Labute approximate surface area is 481 Å². The smallest absolute Gasteiger partial charge is 0.306 e. The standard InChI is InChI=1S/C71H136O6/c1-4-7-10-13-16-19-22-25-28-31-33-35-37-40-43-46-49-52-55-58-61-64-70(73)76-67-68(66-75-69(72)63-60-57-54-51-48-45-42-39-30-27-24-21-18-15-12-9-6-3)77-71(74)65-62-59-56-53-50-47-44-41-38-36-34-32-29-26-23-20-17-14-11-8-5-2/h26,29,68H,4-25,27-28,30-67H2,1-3H3/b29-26-. The van der Waals surface area contributed by atoms with E-state index >= 15 is 0 Å². The third-order valence-corrected chi connectivity index (χ3v) is 16.3. The Balaban J connectivity index is 4.28. The van der Waals surface area contributed by atoms with Gasteiger partial charge in [-0.15, -0.1) is 0 Å². The molecular formula is C71H136O6. The van der Waals surface area contributed by atoms with Gasteiger partial charge in [0, 0.05) is 19.3 Å². The van der Waals surface area contributed by atoms with Crippen LogP contribution in [0.4, 0.5) is 0 Å². The van der Waals surface area contributed by atoms with Crippen molar-refractivity contribution in [2.75, 3.05) is 13.2 Å². The number of hydrogen-bond acceptors (Lipinski definition) is 6. The van der Waals surface area contributed by atoms with Crippen LogP contribution < -0.4 is 0 Å². The van der Waals surface area contributed by atoms with E-state index in [9.17, 15) is 14.4 Å². The summed E-state index contributed by atoms with van der Waals surface area (Å²) in [7, 11) is 0. The molecule has 1 unspecified atom stereocenters. The molecule has 0 fully saturated rings. The van der Waals surface area contributed by atoms with Gasteiger partial charge in [0.15, 0.2) is 6.10 Å². The monoisotopic (exact) mass is 1090 g/mol. The lowest BCUT2D eigenvalue weighted by atomic mass is 10.0. The molecule has 0 aromatic rings. The zero-order valence-corrected chi connectivity index (χ0v) is 52.5. The summed E-state index contributed by atoms with van der Waals surface area (Å²) in [5, 5.41) is 0. The summed E-state index contributed by atoms with van der Waals surface area (Å²) < 4.78 is 17.0. The van der Waals surface area contributed by atoms with Crippen molar-refractivity contribution in [3.8, 4) is 0 Å². The van der Waals surface area contributed by atoms with Gasteiger partial charge in [0.2, 0.25) is 0 Å². The Bertz CT molecular complexity index is 1200. The largest absolute Gasteiger partial charge is 0.462 e. The van der Waals surface area contributed by atoms with Crippen LogP contribution in [0.25, 0.3) is 0 Å². The molecule has 0 aromatic carbocycles. The van der Waals surface area contributed by atoms with Crippen LogP contribution in [0.3, 0.4) is 0 Å². The molecule has 0 aliphatic heterocycles. The number of allylic oxidation sites excluding steroid dienone is 2. The van der Waals surface area contributed by atoms with Crippen LogP contribution in [0.1, 0.15) is 406 Å². The molecular weight excluding hydrogens is 949 g/mol. The summed E-state index contributed by atoms with van der Waals surface area (Å²) in [6.45, 7) is 6.73. The summed E-state index contributed by atoms with van der Waals surface area (Å²) in [4.78, 5) is 38.5. The van der Waals surface area contributed by atoms with E-state index in [1.165, 1.54) is 308 Å². The van der Waals surface area contributed by atoms with Crippen LogP contribution in [0.2, 0.25) is 0 Å². The predicted molar refractivity (Wildman–Crippen MR) is 335 cm³/mol. The highest BCUT2D eigenvalue weighted by atomic mass is 16.6. The summed E-state index contributed by atoms with van der Waals surface area (Å²) in [6, 6.07) is 0. The highest BCUT2D eigenvalue weighted by Gasteiger charge is 2.19. The maximum atomic E-state index is 13.0. The Morgan fingerprint density at radius 1 is 0.247 bits per heavy atom. The lowest BCUT2D eigenvalue weighted by Gasteiger charge is -2.18. The van der Waals surface area contributed by atoms with Gasteiger partial charge in [-0.25, -0.2) is 0 Å². The molecule has 0 rings (SSSR count). The van der Waals surface area contributed by atoms with Crippen molar-refractivity contribution in [2.24, 2.45) is 0 Å². The number of unbranched alkanes of at least 4 members (excludes halogenated alkanes) is 53. The first-order valence-electron chi connectivity index (χ1n) is 35.2. The molecule has 0 aromatic heterocycles. The summed E-state index contributed by atoms with van der Waals surface area (Å²) in [6.07, 6.45) is 79.5. The normalized spacial score (nSPS) is 12.0. The quantitative estimate of drug-likeness (QED) is 0.0261. The van der Waals surface area contributed by atoms with Gasteiger partial charge in [0.05, 0.1) is 0 Å². The van der Waals surface area contributed by atoms with Gasteiger partial charge < -0.3 is 14.2 Å². The van der Waals surface area contributed by atoms with E-state index in [1.807, 2.05) is 0 Å². The van der Waals surface area contributed by atoms with E-state index in [0.717, 1.165) is 57.8 Å². The van der Waals surface area contributed by atoms with E-state index in [-0.39, 0.29) is 31.1 Å². The van der Waals surface area contributed by atoms with Crippen molar-refractivity contribution in [3.05, 3.63) is 12.2 Å². The van der Waals surface area contributed by atoms with Gasteiger partial charge >= 0.3 is 17.9 Å². The molecule has 0 spiro atoms. The van der Waals surface area contributed by atoms with E-state index < -0.39 is 6.10 Å². The molecule has 0 saturated heterocycles. The molecule has 0 saturated carbocycles. The number of esters is 3. The SMILES string of the molecule is CCCCCCCC/C=C\CCCCCCCCCCCCCC(=O)OC(COC(=O)CCCCCCCCCCCCCCCCCCC)COC(=O)CCCCCCCCCCCCCCCCCCCCCCC. The van der Waals surface area contributed by atoms with Crippen LogP contribution >= 0.6 is 0 Å². The van der Waals surface area contributed by atoms with Crippen LogP contribution in [0, 0.1) is 0 Å². The fourth-order valence-electron chi connectivity index (χ4n) is 11.0. The van der Waals surface area contributed by atoms with Crippen molar-refractivity contribution < 1.29 is 28.6 Å². The van der Waals surface area contributed by atoms with Crippen molar-refractivity contribution in [2.45, 2.75) is 412 Å². The molecule has 0 amide bonds. The highest BCUT2D eigenvalue weighted by molar-refractivity contribution is 5.71. The molecule has 6 heteroatoms. The molecule has 0 aliphatic carbocycles. The van der Waals surface area contributed by atoms with Gasteiger partial charge in [-0.3, -0.25) is 14.4 Å². The number of carbonyl (C=O) groups excluding carboxylic acids is 3. The Morgan fingerprint density at radius 3 is 0.649 bits per heavy atom.